The molecule has 0 fully saturated rings. The number of carbonyl (C=O) groups is 1. The highest BCUT2D eigenvalue weighted by Crippen LogP contribution is 2.32. The molecule has 2 rings (SSSR count). The van der Waals surface area contributed by atoms with Crippen molar-refractivity contribution < 1.29 is 14.3 Å². The molecule has 0 aliphatic rings. The molecular formula is C13H8ClFO2S. The van der Waals surface area contributed by atoms with Crippen LogP contribution in [0.5, 0.6) is 0 Å². The second-order valence-electron chi connectivity index (χ2n) is 3.50. The fraction of sp³-hybridized carbons (Fsp3) is 0. The minimum atomic E-state index is -1.01. The molecule has 0 aliphatic heterocycles. The molecule has 0 saturated carbocycles. The molecule has 0 saturated heterocycles. The van der Waals surface area contributed by atoms with Gasteiger partial charge >= 0.3 is 5.97 Å². The summed E-state index contributed by atoms with van der Waals surface area (Å²) in [4.78, 5) is 11.8. The first-order valence-corrected chi connectivity index (χ1v) is 6.22. The summed E-state index contributed by atoms with van der Waals surface area (Å²) < 4.78 is 13.6. The topological polar surface area (TPSA) is 37.3 Å². The molecule has 0 atom stereocenters. The third-order valence-electron chi connectivity index (χ3n) is 2.21. The van der Waals surface area contributed by atoms with Crippen LogP contribution in [0.1, 0.15) is 4.88 Å². The van der Waals surface area contributed by atoms with Crippen molar-refractivity contribution in [1.29, 1.82) is 0 Å². The number of aliphatic carboxylic acids is 1. The van der Waals surface area contributed by atoms with Crippen molar-refractivity contribution in [3.05, 3.63) is 52.1 Å². The Morgan fingerprint density at radius 3 is 2.83 bits per heavy atom. The van der Waals surface area contributed by atoms with Gasteiger partial charge in [0.05, 0.1) is 0 Å². The number of hydrogen-bond acceptors (Lipinski definition) is 2. The Kier molecular flexibility index (Phi) is 3.79. The van der Waals surface area contributed by atoms with Gasteiger partial charge in [-0.1, -0.05) is 11.6 Å². The van der Waals surface area contributed by atoms with Gasteiger partial charge in [-0.25, -0.2) is 9.18 Å². The molecule has 92 valence electrons. The van der Waals surface area contributed by atoms with Crippen LogP contribution in [0.2, 0.25) is 5.02 Å². The highest BCUT2D eigenvalue weighted by atomic mass is 35.5. The average molecular weight is 283 g/mol. The van der Waals surface area contributed by atoms with Gasteiger partial charge < -0.3 is 5.11 Å². The SMILES string of the molecule is O=C(O)/C=C/c1ccc(-c2cc(Cl)ccc2F)s1. The standard InChI is InChI=1S/C13H8ClFO2S/c14-8-1-4-11(15)10(7-8)12-5-2-9(18-12)3-6-13(16)17/h1-7H,(H,16,17)/b6-3+. The second-order valence-corrected chi connectivity index (χ2v) is 5.05. The van der Waals surface area contributed by atoms with Crippen molar-refractivity contribution in [3.63, 3.8) is 0 Å². The molecular weight excluding hydrogens is 275 g/mol. The molecule has 0 amide bonds. The maximum Gasteiger partial charge on any atom is 0.328 e. The number of halogens is 2. The predicted molar refractivity (Wildman–Crippen MR) is 71.4 cm³/mol. The van der Waals surface area contributed by atoms with Crippen LogP contribution in [0.3, 0.4) is 0 Å². The van der Waals surface area contributed by atoms with Crippen molar-refractivity contribution >= 4 is 35.0 Å². The van der Waals surface area contributed by atoms with E-state index in [-0.39, 0.29) is 5.82 Å². The van der Waals surface area contributed by atoms with Crippen molar-refractivity contribution in [2.75, 3.05) is 0 Å². The molecule has 1 aromatic carbocycles. The van der Waals surface area contributed by atoms with E-state index < -0.39 is 5.97 Å². The van der Waals surface area contributed by atoms with E-state index >= 15 is 0 Å². The molecule has 1 aromatic heterocycles. The van der Waals surface area contributed by atoms with Crippen LogP contribution in [0.25, 0.3) is 16.5 Å². The fourth-order valence-corrected chi connectivity index (χ4v) is 2.53. The zero-order chi connectivity index (χ0) is 13.1. The van der Waals surface area contributed by atoms with E-state index in [1.165, 1.54) is 29.5 Å². The van der Waals surface area contributed by atoms with Gasteiger partial charge in [0.15, 0.2) is 0 Å². The lowest BCUT2D eigenvalue weighted by molar-refractivity contribution is -0.131. The maximum absolute atomic E-state index is 13.6. The summed E-state index contributed by atoms with van der Waals surface area (Å²) in [5.41, 5.74) is 0.419. The minimum Gasteiger partial charge on any atom is -0.478 e. The predicted octanol–water partition coefficient (Wildman–Crippen LogP) is 4.31. The van der Waals surface area contributed by atoms with Gasteiger partial charge in [-0.2, -0.15) is 0 Å². The molecule has 0 aliphatic carbocycles. The summed E-state index contributed by atoms with van der Waals surface area (Å²) >= 11 is 7.12. The van der Waals surface area contributed by atoms with Gasteiger partial charge in [0.25, 0.3) is 0 Å². The van der Waals surface area contributed by atoms with Crippen LogP contribution in [0.4, 0.5) is 4.39 Å². The Hall–Kier alpha value is -1.65. The van der Waals surface area contributed by atoms with Crippen LogP contribution in [0.15, 0.2) is 36.4 Å². The molecule has 1 heterocycles. The zero-order valence-electron chi connectivity index (χ0n) is 9.06. The summed E-state index contributed by atoms with van der Waals surface area (Å²) in [6.07, 6.45) is 2.52. The van der Waals surface area contributed by atoms with Crippen molar-refractivity contribution in [1.82, 2.24) is 0 Å². The molecule has 18 heavy (non-hydrogen) atoms. The molecule has 0 spiro atoms. The lowest BCUT2D eigenvalue weighted by Gasteiger charge is -2.00. The van der Waals surface area contributed by atoms with E-state index in [1.807, 2.05) is 0 Å². The lowest BCUT2D eigenvalue weighted by atomic mass is 10.2. The van der Waals surface area contributed by atoms with Crippen LogP contribution in [-0.2, 0) is 4.79 Å². The van der Waals surface area contributed by atoms with E-state index in [1.54, 1.807) is 18.2 Å². The van der Waals surface area contributed by atoms with Gasteiger partial charge in [-0.3, -0.25) is 0 Å². The Balaban J connectivity index is 2.35. The van der Waals surface area contributed by atoms with E-state index in [2.05, 4.69) is 0 Å². The normalized spacial score (nSPS) is 11.0. The average Bonchev–Trinajstić information content (AvgIpc) is 2.78. The number of benzene rings is 1. The van der Waals surface area contributed by atoms with E-state index in [9.17, 15) is 9.18 Å². The Morgan fingerprint density at radius 1 is 1.33 bits per heavy atom. The zero-order valence-corrected chi connectivity index (χ0v) is 10.6. The van der Waals surface area contributed by atoms with Crippen molar-refractivity contribution in [2.45, 2.75) is 0 Å². The fourth-order valence-electron chi connectivity index (χ4n) is 1.43. The van der Waals surface area contributed by atoms with Crippen molar-refractivity contribution in [3.8, 4) is 10.4 Å². The number of carboxylic acid groups (broad SMARTS) is 1. The second kappa shape index (κ2) is 5.33. The maximum atomic E-state index is 13.6. The first-order chi connectivity index (χ1) is 8.56. The molecule has 0 unspecified atom stereocenters. The van der Waals surface area contributed by atoms with Gasteiger partial charge in [0.1, 0.15) is 5.82 Å². The van der Waals surface area contributed by atoms with Crippen LogP contribution >= 0.6 is 22.9 Å². The smallest absolute Gasteiger partial charge is 0.328 e. The number of rotatable bonds is 3. The molecule has 2 aromatic rings. The quantitative estimate of drug-likeness (QED) is 0.852. The van der Waals surface area contributed by atoms with Crippen LogP contribution < -0.4 is 0 Å². The largest absolute Gasteiger partial charge is 0.478 e. The number of thiophene rings is 1. The third kappa shape index (κ3) is 2.97. The first kappa shape index (κ1) is 12.8. The van der Waals surface area contributed by atoms with Gasteiger partial charge in [-0.15, -0.1) is 11.3 Å². The van der Waals surface area contributed by atoms with Gasteiger partial charge in [0, 0.05) is 26.4 Å². The number of hydrogen-bond donors (Lipinski definition) is 1. The molecule has 0 bridgehead atoms. The summed E-state index contributed by atoms with van der Waals surface area (Å²) in [6.45, 7) is 0. The van der Waals surface area contributed by atoms with Gasteiger partial charge in [-0.05, 0) is 36.4 Å². The van der Waals surface area contributed by atoms with Gasteiger partial charge in [0.2, 0.25) is 0 Å². The van der Waals surface area contributed by atoms with E-state index in [0.717, 1.165) is 11.0 Å². The number of carboxylic acids is 1. The van der Waals surface area contributed by atoms with E-state index in [0.29, 0.717) is 15.5 Å². The molecule has 2 nitrogen and oxygen atoms in total. The van der Waals surface area contributed by atoms with Crippen LogP contribution in [-0.4, -0.2) is 11.1 Å². The van der Waals surface area contributed by atoms with E-state index in [4.69, 9.17) is 16.7 Å². The summed E-state index contributed by atoms with van der Waals surface area (Å²) in [7, 11) is 0. The first-order valence-electron chi connectivity index (χ1n) is 5.02. The third-order valence-corrected chi connectivity index (χ3v) is 3.53. The monoisotopic (exact) mass is 282 g/mol. The lowest BCUT2D eigenvalue weighted by Crippen LogP contribution is -1.84. The Morgan fingerprint density at radius 2 is 2.11 bits per heavy atom. The Labute approximate surface area is 112 Å². The summed E-state index contributed by atoms with van der Waals surface area (Å²) in [5, 5.41) is 8.98. The Bertz CT molecular complexity index is 619. The van der Waals surface area contributed by atoms with Crippen LogP contribution in [0, 0.1) is 5.82 Å². The molecule has 1 N–H and O–H groups in total. The molecule has 0 radical (unpaired) electrons. The highest BCUT2D eigenvalue weighted by molar-refractivity contribution is 7.16. The van der Waals surface area contributed by atoms with Crippen molar-refractivity contribution in [2.24, 2.45) is 0 Å². The molecule has 5 heteroatoms. The summed E-state index contributed by atoms with van der Waals surface area (Å²) in [5.74, 6) is -1.37. The minimum absolute atomic E-state index is 0.352. The summed E-state index contributed by atoms with van der Waals surface area (Å²) in [6, 6.07) is 7.82. The highest BCUT2D eigenvalue weighted by Gasteiger charge is 2.08.